The highest BCUT2D eigenvalue weighted by Gasteiger charge is 2.07. The number of halogens is 2. The Hall–Kier alpha value is -1.91. The molecule has 0 heterocycles. The number of carbonyl (C=O) groups excluding carboxylic acids is 1. The largest absolute Gasteiger partial charge is 0.504 e. The van der Waals surface area contributed by atoms with Gasteiger partial charge in [0.2, 0.25) is 0 Å². The van der Waals surface area contributed by atoms with Crippen molar-refractivity contribution in [3.05, 3.63) is 52.5 Å². The summed E-state index contributed by atoms with van der Waals surface area (Å²) in [7, 11) is 0. The van der Waals surface area contributed by atoms with Crippen molar-refractivity contribution in [1.29, 1.82) is 0 Å². The van der Waals surface area contributed by atoms with E-state index in [1.165, 1.54) is 6.07 Å². The van der Waals surface area contributed by atoms with Gasteiger partial charge in [-0.05, 0) is 30.3 Å². The smallest absolute Gasteiger partial charge is 0.262 e. The molecule has 6 heteroatoms. The molecule has 0 unspecified atom stereocenters. The predicted octanol–water partition coefficient (Wildman–Crippen LogP) is 3.72. The minimum absolute atomic E-state index is 0.0187. The van der Waals surface area contributed by atoms with Gasteiger partial charge >= 0.3 is 0 Å². The fourth-order valence-electron chi connectivity index (χ4n) is 1.49. The van der Waals surface area contributed by atoms with Gasteiger partial charge in [-0.2, -0.15) is 0 Å². The molecule has 0 aromatic heterocycles. The number of phenols is 1. The van der Waals surface area contributed by atoms with Gasteiger partial charge in [0.1, 0.15) is 0 Å². The van der Waals surface area contributed by atoms with E-state index in [1.54, 1.807) is 36.4 Å². The van der Waals surface area contributed by atoms with Crippen LogP contribution in [-0.4, -0.2) is 17.6 Å². The Morgan fingerprint density at radius 1 is 1.15 bits per heavy atom. The molecule has 0 aliphatic rings. The molecule has 0 saturated carbocycles. The predicted molar refractivity (Wildman–Crippen MR) is 78.7 cm³/mol. The molecule has 0 atom stereocenters. The third-order valence-electron chi connectivity index (χ3n) is 2.43. The van der Waals surface area contributed by atoms with Crippen molar-refractivity contribution in [1.82, 2.24) is 0 Å². The van der Waals surface area contributed by atoms with Crippen LogP contribution < -0.4 is 10.1 Å². The monoisotopic (exact) mass is 311 g/mol. The number of phenolic OH excluding ortho intramolecular Hbond substituents is 1. The Morgan fingerprint density at radius 3 is 2.60 bits per heavy atom. The highest BCUT2D eigenvalue weighted by atomic mass is 35.5. The number of para-hydroxylation sites is 2. The summed E-state index contributed by atoms with van der Waals surface area (Å²) < 4.78 is 5.20. The van der Waals surface area contributed by atoms with Crippen LogP contribution in [0.3, 0.4) is 0 Å². The summed E-state index contributed by atoms with van der Waals surface area (Å²) in [4.78, 5) is 11.7. The van der Waals surface area contributed by atoms with Crippen molar-refractivity contribution in [2.45, 2.75) is 0 Å². The summed E-state index contributed by atoms with van der Waals surface area (Å²) in [5.41, 5.74) is 0.519. The summed E-state index contributed by atoms with van der Waals surface area (Å²) in [5, 5.41) is 12.9. The topological polar surface area (TPSA) is 58.6 Å². The molecule has 0 fully saturated rings. The number of carbonyl (C=O) groups is 1. The molecular weight excluding hydrogens is 301 g/mol. The Balaban J connectivity index is 1.93. The molecule has 20 heavy (non-hydrogen) atoms. The van der Waals surface area contributed by atoms with Crippen molar-refractivity contribution in [3.63, 3.8) is 0 Å². The van der Waals surface area contributed by atoms with Crippen LogP contribution in [0.4, 0.5) is 5.69 Å². The van der Waals surface area contributed by atoms with Gasteiger partial charge in [-0.1, -0.05) is 35.3 Å². The molecule has 0 radical (unpaired) electrons. The zero-order valence-corrected chi connectivity index (χ0v) is 11.8. The number of nitrogens with one attached hydrogen (secondary N) is 1. The molecule has 0 spiro atoms. The van der Waals surface area contributed by atoms with Crippen LogP contribution in [-0.2, 0) is 4.79 Å². The SMILES string of the molecule is O=C(COc1ccccc1O)Nc1ccc(Cl)c(Cl)c1. The highest BCUT2D eigenvalue weighted by molar-refractivity contribution is 6.42. The van der Waals surface area contributed by atoms with Gasteiger partial charge in [0, 0.05) is 5.69 Å². The maximum Gasteiger partial charge on any atom is 0.262 e. The second kappa shape index (κ2) is 6.50. The van der Waals surface area contributed by atoms with E-state index in [1.807, 2.05) is 0 Å². The quantitative estimate of drug-likeness (QED) is 0.904. The van der Waals surface area contributed by atoms with Gasteiger partial charge in [0.05, 0.1) is 10.0 Å². The van der Waals surface area contributed by atoms with Crippen molar-refractivity contribution in [3.8, 4) is 11.5 Å². The van der Waals surface area contributed by atoms with Gasteiger partial charge < -0.3 is 15.2 Å². The number of aromatic hydroxyl groups is 1. The van der Waals surface area contributed by atoms with E-state index < -0.39 is 0 Å². The first-order chi connectivity index (χ1) is 9.56. The minimum Gasteiger partial charge on any atom is -0.504 e. The van der Waals surface area contributed by atoms with Gasteiger partial charge in [-0.25, -0.2) is 0 Å². The van der Waals surface area contributed by atoms with E-state index in [-0.39, 0.29) is 24.0 Å². The van der Waals surface area contributed by atoms with Crippen molar-refractivity contribution in [2.75, 3.05) is 11.9 Å². The zero-order valence-electron chi connectivity index (χ0n) is 10.3. The molecule has 0 bridgehead atoms. The molecule has 0 aliphatic carbocycles. The second-order valence-electron chi connectivity index (χ2n) is 3.93. The molecule has 2 N–H and O–H groups in total. The maximum absolute atomic E-state index is 11.7. The summed E-state index contributed by atoms with van der Waals surface area (Å²) in [6.07, 6.45) is 0. The summed E-state index contributed by atoms with van der Waals surface area (Å²) in [5.74, 6) is -0.140. The zero-order chi connectivity index (χ0) is 14.5. The Kier molecular flexibility index (Phi) is 4.71. The lowest BCUT2D eigenvalue weighted by molar-refractivity contribution is -0.118. The van der Waals surface area contributed by atoms with E-state index in [0.717, 1.165) is 0 Å². The van der Waals surface area contributed by atoms with E-state index in [0.29, 0.717) is 15.7 Å². The standard InChI is InChI=1S/C14H11Cl2NO3/c15-10-6-5-9(7-11(10)16)17-14(19)8-20-13-4-2-1-3-12(13)18/h1-7,18H,8H2,(H,17,19). The number of ether oxygens (including phenoxy) is 1. The average Bonchev–Trinajstić information content (AvgIpc) is 2.42. The first-order valence-electron chi connectivity index (χ1n) is 5.72. The van der Waals surface area contributed by atoms with E-state index in [4.69, 9.17) is 27.9 Å². The molecule has 2 rings (SSSR count). The number of benzene rings is 2. The van der Waals surface area contributed by atoms with Gasteiger partial charge in [0.15, 0.2) is 18.1 Å². The lowest BCUT2D eigenvalue weighted by atomic mass is 10.3. The van der Waals surface area contributed by atoms with Gasteiger partial charge in [-0.15, -0.1) is 0 Å². The van der Waals surface area contributed by atoms with Crippen LogP contribution in [0, 0.1) is 0 Å². The second-order valence-corrected chi connectivity index (χ2v) is 4.75. The lowest BCUT2D eigenvalue weighted by Crippen LogP contribution is -2.20. The van der Waals surface area contributed by atoms with Crippen LogP contribution in [0.1, 0.15) is 0 Å². The first-order valence-corrected chi connectivity index (χ1v) is 6.47. The maximum atomic E-state index is 11.7. The third-order valence-corrected chi connectivity index (χ3v) is 3.17. The highest BCUT2D eigenvalue weighted by Crippen LogP contribution is 2.26. The van der Waals surface area contributed by atoms with Crippen LogP contribution >= 0.6 is 23.2 Å². The number of amides is 1. The fourth-order valence-corrected chi connectivity index (χ4v) is 1.79. The van der Waals surface area contributed by atoms with Gasteiger partial charge in [-0.3, -0.25) is 4.79 Å². The van der Waals surface area contributed by atoms with Crippen molar-refractivity contribution < 1.29 is 14.6 Å². The van der Waals surface area contributed by atoms with Crippen LogP contribution in [0.2, 0.25) is 10.0 Å². The minimum atomic E-state index is -0.369. The fraction of sp³-hybridized carbons (Fsp3) is 0.0714. The van der Waals surface area contributed by atoms with Crippen LogP contribution in [0.25, 0.3) is 0 Å². The summed E-state index contributed by atoms with van der Waals surface area (Å²) in [6, 6.07) is 11.2. The third kappa shape index (κ3) is 3.79. The van der Waals surface area contributed by atoms with Crippen molar-refractivity contribution >= 4 is 34.8 Å². The Bertz CT molecular complexity index is 632. The first kappa shape index (κ1) is 14.5. The molecule has 1 amide bonds. The average molecular weight is 312 g/mol. The molecular formula is C14H11Cl2NO3. The summed E-state index contributed by atoms with van der Waals surface area (Å²) in [6.45, 7) is -0.224. The molecule has 0 aliphatic heterocycles. The van der Waals surface area contributed by atoms with Gasteiger partial charge in [0.25, 0.3) is 5.91 Å². The number of hydrogen-bond acceptors (Lipinski definition) is 3. The number of hydrogen-bond donors (Lipinski definition) is 2. The molecule has 4 nitrogen and oxygen atoms in total. The Morgan fingerprint density at radius 2 is 1.90 bits per heavy atom. The van der Waals surface area contributed by atoms with Crippen LogP contribution in [0.5, 0.6) is 11.5 Å². The lowest BCUT2D eigenvalue weighted by Gasteiger charge is -2.09. The molecule has 2 aromatic rings. The molecule has 0 saturated heterocycles. The molecule has 2 aromatic carbocycles. The van der Waals surface area contributed by atoms with E-state index in [2.05, 4.69) is 5.32 Å². The van der Waals surface area contributed by atoms with E-state index >= 15 is 0 Å². The Labute approximate surface area is 125 Å². The molecule has 104 valence electrons. The number of rotatable bonds is 4. The van der Waals surface area contributed by atoms with Crippen molar-refractivity contribution in [2.24, 2.45) is 0 Å². The summed E-state index contributed by atoms with van der Waals surface area (Å²) >= 11 is 11.6. The van der Waals surface area contributed by atoms with Crippen LogP contribution in [0.15, 0.2) is 42.5 Å². The number of anilines is 1. The normalized spacial score (nSPS) is 10.1. The van der Waals surface area contributed by atoms with E-state index in [9.17, 15) is 9.90 Å².